The van der Waals surface area contributed by atoms with Gasteiger partial charge >= 0.3 is 5.97 Å². The number of ether oxygens (including phenoxy) is 2. The van der Waals surface area contributed by atoms with Crippen LogP contribution in [0.5, 0.6) is 5.88 Å². The van der Waals surface area contributed by atoms with E-state index in [1.54, 1.807) is 6.20 Å². The topological polar surface area (TPSA) is 48.4 Å². The number of nitrogens with zero attached hydrogens (tertiary/aromatic N) is 1. The highest BCUT2D eigenvalue weighted by Crippen LogP contribution is 2.51. The molecule has 0 atom stereocenters. The van der Waals surface area contributed by atoms with Crippen molar-refractivity contribution in [2.24, 2.45) is 5.92 Å². The Balaban J connectivity index is 2.25. The standard InChI is InChI=1S/C14H19NO3/c1-10(2)9-18-12-11(5-4-8-15-12)14(6-7-14)13(16)17-3/h4-5,8,10H,6-7,9H2,1-3H3. The van der Waals surface area contributed by atoms with Gasteiger partial charge in [0.25, 0.3) is 0 Å². The summed E-state index contributed by atoms with van der Waals surface area (Å²) in [6.07, 6.45) is 3.30. The lowest BCUT2D eigenvalue weighted by Gasteiger charge is -2.17. The van der Waals surface area contributed by atoms with Gasteiger partial charge in [0, 0.05) is 11.8 Å². The molecular formula is C14H19NO3. The summed E-state index contributed by atoms with van der Waals surface area (Å²) in [4.78, 5) is 16.1. The molecule has 2 rings (SSSR count). The molecule has 1 aliphatic rings. The first-order chi connectivity index (χ1) is 8.60. The Morgan fingerprint density at radius 1 is 1.50 bits per heavy atom. The van der Waals surface area contributed by atoms with Gasteiger partial charge in [-0.15, -0.1) is 0 Å². The maximum atomic E-state index is 11.9. The van der Waals surface area contributed by atoms with Gasteiger partial charge in [-0.2, -0.15) is 0 Å². The van der Waals surface area contributed by atoms with E-state index in [0.29, 0.717) is 18.4 Å². The van der Waals surface area contributed by atoms with Gasteiger partial charge in [-0.05, 0) is 24.8 Å². The van der Waals surface area contributed by atoms with Crippen LogP contribution in [0.2, 0.25) is 0 Å². The average molecular weight is 249 g/mol. The zero-order valence-corrected chi connectivity index (χ0v) is 11.1. The Labute approximate surface area is 107 Å². The number of aromatic nitrogens is 1. The monoisotopic (exact) mass is 249 g/mol. The van der Waals surface area contributed by atoms with E-state index in [4.69, 9.17) is 9.47 Å². The van der Waals surface area contributed by atoms with Crippen molar-refractivity contribution >= 4 is 5.97 Å². The van der Waals surface area contributed by atoms with Crippen LogP contribution in [0.3, 0.4) is 0 Å². The molecule has 0 unspecified atom stereocenters. The number of esters is 1. The molecule has 0 spiro atoms. The second-order valence-electron chi connectivity index (χ2n) is 5.13. The fourth-order valence-corrected chi connectivity index (χ4v) is 2.02. The smallest absolute Gasteiger partial charge is 0.316 e. The molecule has 1 heterocycles. The van der Waals surface area contributed by atoms with Crippen LogP contribution in [0, 0.1) is 5.92 Å². The average Bonchev–Trinajstić information content (AvgIpc) is 3.17. The predicted octanol–water partition coefficient (Wildman–Crippen LogP) is 2.32. The number of pyridine rings is 1. The highest BCUT2D eigenvalue weighted by Gasteiger charge is 2.54. The van der Waals surface area contributed by atoms with Crippen LogP contribution < -0.4 is 4.74 Å². The van der Waals surface area contributed by atoms with E-state index >= 15 is 0 Å². The maximum absolute atomic E-state index is 11.9. The lowest BCUT2D eigenvalue weighted by molar-refractivity contribution is -0.143. The molecule has 4 heteroatoms. The minimum atomic E-state index is -0.519. The minimum absolute atomic E-state index is 0.190. The van der Waals surface area contributed by atoms with Crippen molar-refractivity contribution in [2.45, 2.75) is 32.1 Å². The molecule has 0 radical (unpaired) electrons. The van der Waals surface area contributed by atoms with Crippen LogP contribution in [0.25, 0.3) is 0 Å². The van der Waals surface area contributed by atoms with E-state index < -0.39 is 5.41 Å². The van der Waals surface area contributed by atoms with Crippen LogP contribution in [0.4, 0.5) is 0 Å². The van der Waals surface area contributed by atoms with Crippen molar-refractivity contribution in [3.05, 3.63) is 23.9 Å². The summed E-state index contributed by atoms with van der Waals surface area (Å²) in [5.74, 6) is 0.798. The van der Waals surface area contributed by atoms with E-state index in [-0.39, 0.29) is 5.97 Å². The second-order valence-corrected chi connectivity index (χ2v) is 5.13. The summed E-state index contributed by atoms with van der Waals surface area (Å²) in [6, 6.07) is 3.74. The molecule has 1 aromatic rings. The molecule has 0 N–H and O–H groups in total. The molecule has 1 saturated carbocycles. The third-order valence-corrected chi connectivity index (χ3v) is 3.17. The van der Waals surface area contributed by atoms with Gasteiger partial charge in [0.1, 0.15) is 0 Å². The number of hydrogen-bond acceptors (Lipinski definition) is 4. The van der Waals surface area contributed by atoms with Gasteiger partial charge in [0.15, 0.2) is 0 Å². The highest BCUT2D eigenvalue weighted by molar-refractivity contribution is 5.87. The molecule has 1 aromatic heterocycles. The molecule has 18 heavy (non-hydrogen) atoms. The third kappa shape index (κ3) is 2.33. The van der Waals surface area contributed by atoms with Crippen molar-refractivity contribution in [2.75, 3.05) is 13.7 Å². The second kappa shape index (κ2) is 4.96. The fraction of sp³-hybridized carbons (Fsp3) is 0.571. The Bertz CT molecular complexity index is 438. The Hall–Kier alpha value is -1.58. The fourth-order valence-electron chi connectivity index (χ4n) is 2.02. The Morgan fingerprint density at radius 2 is 2.22 bits per heavy atom. The van der Waals surface area contributed by atoms with Gasteiger partial charge in [-0.25, -0.2) is 4.98 Å². The highest BCUT2D eigenvalue weighted by atomic mass is 16.5. The predicted molar refractivity (Wildman–Crippen MR) is 67.5 cm³/mol. The van der Waals surface area contributed by atoms with Crippen LogP contribution >= 0.6 is 0 Å². The van der Waals surface area contributed by atoms with Gasteiger partial charge in [0.05, 0.1) is 19.1 Å². The summed E-state index contributed by atoms with van der Waals surface area (Å²) < 4.78 is 10.6. The van der Waals surface area contributed by atoms with Crippen LogP contribution in [-0.4, -0.2) is 24.7 Å². The zero-order valence-electron chi connectivity index (χ0n) is 11.1. The largest absolute Gasteiger partial charge is 0.477 e. The summed E-state index contributed by atoms with van der Waals surface area (Å²) in [5.41, 5.74) is 0.340. The van der Waals surface area contributed by atoms with Crippen LogP contribution in [0.1, 0.15) is 32.3 Å². The van der Waals surface area contributed by atoms with E-state index in [2.05, 4.69) is 18.8 Å². The molecular weight excluding hydrogens is 230 g/mol. The zero-order chi connectivity index (χ0) is 13.2. The molecule has 0 aromatic carbocycles. The van der Waals surface area contributed by atoms with Gasteiger partial charge < -0.3 is 9.47 Å². The quantitative estimate of drug-likeness (QED) is 0.751. The van der Waals surface area contributed by atoms with E-state index in [9.17, 15) is 4.79 Å². The number of carbonyl (C=O) groups excluding carboxylic acids is 1. The van der Waals surface area contributed by atoms with Gasteiger partial charge in [-0.1, -0.05) is 19.9 Å². The molecule has 0 aliphatic heterocycles. The van der Waals surface area contributed by atoms with E-state index in [1.165, 1.54) is 7.11 Å². The van der Waals surface area contributed by atoms with Crippen molar-refractivity contribution in [1.82, 2.24) is 4.98 Å². The molecule has 0 bridgehead atoms. The summed E-state index contributed by atoms with van der Waals surface area (Å²) in [6.45, 7) is 4.76. The summed E-state index contributed by atoms with van der Waals surface area (Å²) in [5, 5.41) is 0. The lowest BCUT2D eigenvalue weighted by Crippen LogP contribution is -2.23. The first-order valence-electron chi connectivity index (χ1n) is 6.27. The molecule has 1 aliphatic carbocycles. The molecule has 0 saturated heterocycles. The number of hydrogen-bond donors (Lipinski definition) is 0. The van der Waals surface area contributed by atoms with E-state index in [1.807, 2.05) is 12.1 Å². The summed E-state index contributed by atoms with van der Waals surface area (Å²) in [7, 11) is 1.42. The number of methoxy groups -OCH3 is 1. The molecule has 98 valence electrons. The third-order valence-electron chi connectivity index (χ3n) is 3.17. The lowest BCUT2D eigenvalue weighted by atomic mass is 9.97. The first-order valence-corrected chi connectivity index (χ1v) is 6.27. The van der Waals surface area contributed by atoms with Gasteiger partial charge in [-0.3, -0.25) is 4.79 Å². The van der Waals surface area contributed by atoms with Crippen molar-refractivity contribution in [3.8, 4) is 5.88 Å². The maximum Gasteiger partial charge on any atom is 0.316 e. The minimum Gasteiger partial charge on any atom is -0.477 e. The number of carbonyl (C=O) groups is 1. The molecule has 1 fully saturated rings. The Kier molecular flexibility index (Phi) is 3.55. The Morgan fingerprint density at radius 3 is 2.78 bits per heavy atom. The number of rotatable bonds is 5. The molecule has 0 amide bonds. The normalized spacial score (nSPS) is 16.4. The van der Waals surface area contributed by atoms with Crippen molar-refractivity contribution in [1.29, 1.82) is 0 Å². The SMILES string of the molecule is COC(=O)C1(c2cccnc2OCC(C)C)CC1. The summed E-state index contributed by atoms with van der Waals surface area (Å²) >= 11 is 0. The van der Waals surface area contributed by atoms with Crippen LogP contribution in [-0.2, 0) is 14.9 Å². The van der Waals surface area contributed by atoms with E-state index in [0.717, 1.165) is 18.4 Å². The first kappa shape index (κ1) is 12.9. The van der Waals surface area contributed by atoms with Crippen molar-refractivity contribution < 1.29 is 14.3 Å². The van der Waals surface area contributed by atoms with Crippen molar-refractivity contribution in [3.63, 3.8) is 0 Å². The molecule has 4 nitrogen and oxygen atoms in total. The van der Waals surface area contributed by atoms with Gasteiger partial charge in [0.2, 0.25) is 5.88 Å². The van der Waals surface area contributed by atoms with Crippen LogP contribution in [0.15, 0.2) is 18.3 Å².